The van der Waals surface area contributed by atoms with E-state index in [0.717, 1.165) is 16.5 Å². The summed E-state index contributed by atoms with van der Waals surface area (Å²) in [4.78, 5) is 12.8. The molecule has 0 spiro atoms. The highest BCUT2D eigenvalue weighted by Gasteiger charge is 2.21. The molecule has 0 saturated heterocycles. The van der Waals surface area contributed by atoms with E-state index in [4.69, 9.17) is 9.15 Å². The van der Waals surface area contributed by atoms with Gasteiger partial charge in [0, 0.05) is 5.39 Å². The normalized spacial score (nSPS) is 10.8. The number of hydrogen-bond donors (Lipinski definition) is 0. The minimum absolute atomic E-state index is 0.152. The molecule has 0 aliphatic carbocycles. The maximum Gasteiger partial charge on any atom is 0.232 e. The van der Waals surface area contributed by atoms with Crippen molar-refractivity contribution in [2.24, 2.45) is 0 Å². The van der Waals surface area contributed by atoms with Crippen molar-refractivity contribution in [2.45, 2.75) is 13.8 Å². The summed E-state index contributed by atoms with van der Waals surface area (Å²) in [6, 6.07) is 13.2. The van der Waals surface area contributed by atoms with Crippen LogP contribution in [0, 0.1) is 13.8 Å². The molecule has 21 heavy (non-hydrogen) atoms. The van der Waals surface area contributed by atoms with E-state index in [-0.39, 0.29) is 5.78 Å². The van der Waals surface area contributed by atoms with Crippen LogP contribution >= 0.6 is 0 Å². The Balaban J connectivity index is 2.14. The predicted octanol–water partition coefficient (Wildman–Crippen LogP) is 4.29. The summed E-state index contributed by atoms with van der Waals surface area (Å²) in [5, 5.41) is 0.921. The van der Waals surface area contributed by atoms with E-state index in [1.54, 1.807) is 13.2 Å². The average Bonchev–Trinajstić information content (AvgIpc) is 2.89. The first kappa shape index (κ1) is 13.4. The molecule has 0 unspecified atom stereocenters. The van der Waals surface area contributed by atoms with Crippen LogP contribution in [0.2, 0.25) is 0 Å². The fourth-order valence-electron chi connectivity index (χ4n) is 2.60. The van der Waals surface area contributed by atoms with Crippen LogP contribution in [-0.2, 0) is 0 Å². The van der Waals surface area contributed by atoms with Crippen molar-refractivity contribution in [3.63, 3.8) is 0 Å². The van der Waals surface area contributed by atoms with E-state index in [2.05, 4.69) is 0 Å². The lowest BCUT2D eigenvalue weighted by molar-refractivity contribution is 0.101. The monoisotopic (exact) mass is 280 g/mol. The Morgan fingerprint density at radius 1 is 1.10 bits per heavy atom. The van der Waals surface area contributed by atoms with Gasteiger partial charge < -0.3 is 9.15 Å². The van der Waals surface area contributed by atoms with Crippen molar-refractivity contribution in [3.05, 3.63) is 64.9 Å². The summed E-state index contributed by atoms with van der Waals surface area (Å²) in [5.41, 5.74) is 3.22. The van der Waals surface area contributed by atoms with Crippen molar-refractivity contribution < 1.29 is 13.9 Å². The molecule has 0 aliphatic rings. The molecule has 2 aromatic carbocycles. The summed E-state index contributed by atoms with van der Waals surface area (Å²) in [5.74, 6) is 0.764. The molecule has 0 N–H and O–H groups in total. The standard InChI is InChI=1S/C18H16O3/c1-11-8-12(2)17(15(9-11)20-3)18(19)16-10-13-6-4-5-7-14(13)21-16/h4-10H,1-3H3. The first-order valence-corrected chi connectivity index (χ1v) is 6.78. The fourth-order valence-corrected chi connectivity index (χ4v) is 2.60. The number of carbonyl (C=O) groups excluding carboxylic acids is 1. The number of aryl methyl sites for hydroxylation is 2. The van der Waals surface area contributed by atoms with Gasteiger partial charge in [-0.25, -0.2) is 0 Å². The van der Waals surface area contributed by atoms with Crippen molar-refractivity contribution in [3.8, 4) is 5.75 Å². The Kier molecular flexibility index (Phi) is 3.26. The number of furan rings is 1. The van der Waals surface area contributed by atoms with Crippen molar-refractivity contribution >= 4 is 16.8 Å². The Morgan fingerprint density at radius 2 is 1.86 bits per heavy atom. The molecule has 1 aromatic heterocycles. The van der Waals surface area contributed by atoms with Gasteiger partial charge in [0.05, 0.1) is 12.7 Å². The molecular formula is C18H16O3. The van der Waals surface area contributed by atoms with Crippen LogP contribution in [0.1, 0.15) is 27.2 Å². The zero-order chi connectivity index (χ0) is 15.0. The number of para-hydroxylation sites is 1. The maximum absolute atomic E-state index is 12.8. The summed E-state index contributed by atoms with van der Waals surface area (Å²) in [6.07, 6.45) is 0. The molecule has 0 bridgehead atoms. The summed E-state index contributed by atoms with van der Waals surface area (Å²) in [7, 11) is 1.57. The molecule has 106 valence electrons. The van der Waals surface area contributed by atoms with Crippen LogP contribution < -0.4 is 4.74 Å². The van der Waals surface area contributed by atoms with Crippen LogP contribution in [0.3, 0.4) is 0 Å². The molecule has 3 nitrogen and oxygen atoms in total. The predicted molar refractivity (Wildman–Crippen MR) is 82.1 cm³/mol. The lowest BCUT2D eigenvalue weighted by atomic mass is 9.99. The van der Waals surface area contributed by atoms with E-state index in [9.17, 15) is 4.79 Å². The molecule has 1 heterocycles. The second kappa shape index (κ2) is 5.09. The third-order valence-corrected chi connectivity index (χ3v) is 3.54. The second-order valence-electron chi connectivity index (χ2n) is 5.14. The molecule has 3 heteroatoms. The van der Waals surface area contributed by atoms with Gasteiger partial charge >= 0.3 is 0 Å². The van der Waals surface area contributed by atoms with E-state index >= 15 is 0 Å². The minimum Gasteiger partial charge on any atom is -0.496 e. The van der Waals surface area contributed by atoms with E-state index in [1.807, 2.05) is 50.2 Å². The lowest BCUT2D eigenvalue weighted by Crippen LogP contribution is -2.06. The summed E-state index contributed by atoms with van der Waals surface area (Å²) in [6.45, 7) is 3.89. The third-order valence-electron chi connectivity index (χ3n) is 3.54. The molecule has 0 atom stereocenters. The summed E-state index contributed by atoms with van der Waals surface area (Å²) < 4.78 is 11.0. The Hall–Kier alpha value is -2.55. The van der Waals surface area contributed by atoms with Gasteiger partial charge in [0.1, 0.15) is 11.3 Å². The van der Waals surface area contributed by atoms with Crippen molar-refractivity contribution in [1.82, 2.24) is 0 Å². The second-order valence-corrected chi connectivity index (χ2v) is 5.14. The molecule has 3 aromatic rings. The first-order valence-electron chi connectivity index (χ1n) is 6.78. The number of rotatable bonds is 3. The van der Waals surface area contributed by atoms with E-state index in [0.29, 0.717) is 22.7 Å². The number of carbonyl (C=O) groups is 1. The molecule has 0 radical (unpaired) electrons. The number of ether oxygens (including phenoxy) is 1. The zero-order valence-corrected chi connectivity index (χ0v) is 12.3. The highest BCUT2D eigenvalue weighted by molar-refractivity contribution is 6.11. The molecule has 3 rings (SSSR count). The molecule has 0 saturated carbocycles. The van der Waals surface area contributed by atoms with Crippen LogP contribution in [-0.4, -0.2) is 12.9 Å². The van der Waals surface area contributed by atoms with Gasteiger partial charge in [-0.3, -0.25) is 4.79 Å². The number of benzene rings is 2. The van der Waals surface area contributed by atoms with E-state index < -0.39 is 0 Å². The van der Waals surface area contributed by atoms with Crippen LogP contribution in [0.15, 0.2) is 46.9 Å². The molecular weight excluding hydrogens is 264 g/mol. The van der Waals surface area contributed by atoms with Gasteiger partial charge in [0.25, 0.3) is 0 Å². The van der Waals surface area contributed by atoms with Crippen LogP contribution in [0.25, 0.3) is 11.0 Å². The van der Waals surface area contributed by atoms with Crippen LogP contribution in [0.5, 0.6) is 5.75 Å². The SMILES string of the molecule is COc1cc(C)cc(C)c1C(=O)c1cc2ccccc2o1. The maximum atomic E-state index is 12.8. The number of methoxy groups -OCH3 is 1. The Morgan fingerprint density at radius 3 is 2.57 bits per heavy atom. The van der Waals surface area contributed by atoms with Crippen molar-refractivity contribution in [2.75, 3.05) is 7.11 Å². The molecule has 0 fully saturated rings. The summed E-state index contributed by atoms with van der Waals surface area (Å²) >= 11 is 0. The highest BCUT2D eigenvalue weighted by atomic mass is 16.5. The number of fused-ring (bicyclic) bond motifs is 1. The topological polar surface area (TPSA) is 39.4 Å². The molecule has 0 aliphatic heterocycles. The van der Waals surface area contributed by atoms with Gasteiger partial charge in [0.15, 0.2) is 5.76 Å². The van der Waals surface area contributed by atoms with Gasteiger partial charge in [0.2, 0.25) is 5.78 Å². The van der Waals surface area contributed by atoms with Gasteiger partial charge in [-0.05, 0) is 43.2 Å². The highest BCUT2D eigenvalue weighted by Crippen LogP contribution is 2.29. The van der Waals surface area contributed by atoms with Gasteiger partial charge in [-0.2, -0.15) is 0 Å². The number of hydrogen-bond acceptors (Lipinski definition) is 3. The third kappa shape index (κ3) is 2.31. The Labute approximate surface area is 123 Å². The lowest BCUT2D eigenvalue weighted by Gasteiger charge is -2.10. The Bertz CT molecular complexity index is 795. The fraction of sp³-hybridized carbons (Fsp3) is 0.167. The zero-order valence-electron chi connectivity index (χ0n) is 12.3. The van der Waals surface area contributed by atoms with Crippen LogP contribution in [0.4, 0.5) is 0 Å². The van der Waals surface area contributed by atoms with E-state index in [1.165, 1.54) is 0 Å². The minimum atomic E-state index is -0.152. The smallest absolute Gasteiger partial charge is 0.232 e. The first-order chi connectivity index (χ1) is 10.1. The van der Waals surface area contributed by atoms with Gasteiger partial charge in [-0.1, -0.05) is 24.3 Å². The largest absolute Gasteiger partial charge is 0.496 e. The average molecular weight is 280 g/mol. The quantitative estimate of drug-likeness (QED) is 0.672. The van der Waals surface area contributed by atoms with Crippen molar-refractivity contribution in [1.29, 1.82) is 0 Å². The number of ketones is 1. The molecule has 0 amide bonds. The van der Waals surface area contributed by atoms with Gasteiger partial charge in [-0.15, -0.1) is 0 Å².